The molecule has 0 spiro atoms. The number of benzene rings is 4. The highest BCUT2D eigenvalue weighted by atomic mass is 19.1. The summed E-state index contributed by atoms with van der Waals surface area (Å²) in [5, 5.41) is 0. The molecule has 2 heterocycles. The number of hydrogen-bond donors (Lipinski definition) is 0. The Morgan fingerprint density at radius 2 is 1.37 bits per heavy atom. The lowest BCUT2D eigenvalue weighted by Crippen LogP contribution is -2.48. The van der Waals surface area contributed by atoms with Crippen molar-refractivity contribution in [2.24, 2.45) is 0 Å². The van der Waals surface area contributed by atoms with Gasteiger partial charge < -0.3 is 14.4 Å². The van der Waals surface area contributed by atoms with Gasteiger partial charge in [0.1, 0.15) is 5.82 Å². The van der Waals surface area contributed by atoms with Crippen molar-refractivity contribution in [2.45, 2.75) is 44.3 Å². The zero-order chi connectivity index (χ0) is 28.0. The van der Waals surface area contributed by atoms with E-state index < -0.39 is 6.29 Å². The maximum atomic E-state index is 13.7. The van der Waals surface area contributed by atoms with Crippen LogP contribution in [-0.2, 0) is 33.8 Å². The Morgan fingerprint density at radius 3 is 2.00 bits per heavy atom. The summed E-state index contributed by atoms with van der Waals surface area (Å²) in [7, 11) is 0. The predicted octanol–water partition coefficient (Wildman–Crippen LogP) is 6.13. The van der Waals surface area contributed by atoms with Crippen LogP contribution in [0.1, 0.15) is 40.3 Å². The Hall–Kier alpha value is -3.84. The molecule has 41 heavy (non-hydrogen) atoms. The third kappa shape index (κ3) is 6.57. The fraction of sp³-hybridized carbons (Fsp3) is 0.286. The minimum Gasteiger partial charge on any atom is -0.350 e. The number of halogens is 1. The van der Waals surface area contributed by atoms with Gasteiger partial charge in [-0.15, -0.1) is 0 Å². The van der Waals surface area contributed by atoms with Gasteiger partial charge in [0.25, 0.3) is 0 Å². The van der Waals surface area contributed by atoms with E-state index in [1.165, 1.54) is 28.8 Å². The molecule has 1 fully saturated rings. The first-order chi connectivity index (χ1) is 20.1. The van der Waals surface area contributed by atoms with Crippen molar-refractivity contribution in [3.63, 3.8) is 0 Å². The van der Waals surface area contributed by atoms with Crippen LogP contribution in [0, 0.1) is 5.82 Å². The molecule has 4 aromatic carbocycles. The van der Waals surface area contributed by atoms with Gasteiger partial charge in [0.2, 0.25) is 5.91 Å². The summed E-state index contributed by atoms with van der Waals surface area (Å²) in [5.41, 5.74) is 5.67. The van der Waals surface area contributed by atoms with Crippen LogP contribution in [0.2, 0.25) is 0 Å². The van der Waals surface area contributed by atoms with Crippen LogP contribution in [-0.4, -0.2) is 47.8 Å². The number of carbonyl (C=O) groups is 1. The minimum atomic E-state index is -0.597. The van der Waals surface area contributed by atoms with Crippen molar-refractivity contribution in [3.8, 4) is 0 Å². The number of hydrogen-bond acceptors (Lipinski definition) is 4. The van der Waals surface area contributed by atoms with E-state index >= 15 is 0 Å². The van der Waals surface area contributed by atoms with Gasteiger partial charge in [0.05, 0.1) is 31.7 Å². The molecule has 0 unspecified atom stereocenters. The van der Waals surface area contributed by atoms with E-state index in [1.54, 1.807) is 12.1 Å². The highest BCUT2D eigenvalue weighted by Gasteiger charge is 2.35. The number of carbonyl (C=O) groups excluding carboxylic acids is 1. The van der Waals surface area contributed by atoms with E-state index in [2.05, 4.69) is 65.6 Å². The van der Waals surface area contributed by atoms with Gasteiger partial charge in [0.15, 0.2) is 6.29 Å². The molecule has 1 atom stereocenters. The first-order valence-electron chi connectivity index (χ1n) is 14.3. The second kappa shape index (κ2) is 12.8. The number of nitrogens with zero attached hydrogens (tertiary/aromatic N) is 2. The maximum absolute atomic E-state index is 13.7. The molecule has 2 aliphatic rings. The van der Waals surface area contributed by atoms with Crippen LogP contribution < -0.4 is 0 Å². The average Bonchev–Trinajstić information content (AvgIpc) is 3.02. The molecule has 4 aromatic rings. The van der Waals surface area contributed by atoms with Crippen LogP contribution in [0.5, 0.6) is 0 Å². The van der Waals surface area contributed by atoms with Crippen molar-refractivity contribution < 1.29 is 18.7 Å². The van der Waals surface area contributed by atoms with Gasteiger partial charge in [-0.2, -0.15) is 0 Å². The summed E-state index contributed by atoms with van der Waals surface area (Å²) in [5.74, 6) is -0.314. The first-order valence-corrected chi connectivity index (χ1v) is 14.3. The Labute approximate surface area is 241 Å². The summed E-state index contributed by atoms with van der Waals surface area (Å²) in [6.07, 6.45) is 0.325. The molecule has 6 rings (SSSR count). The second-order valence-electron chi connectivity index (χ2n) is 10.8. The van der Waals surface area contributed by atoms with E-state index in [0.29, 0.717) is 19.8 Å². The number of rotatable bonds is 8. The number of fused-ring (bicyclic) bond motifs is 1. The van der Waals surface area contributed by atoms with E-state index in [0.717, 1.165) is 30.6 Å². The average molecular weight is 551 g/mol. The van der Waals surface area contributed by atoms with Gasteiger partial charge in [-0.3, -0.25) is 9.69 Å². The zero-order valence-corrected chi connectivity index (χ0v) is 23.1. The third-order valence-electron chi connectivity index (χ3n) is 8.05. The lowest BCUT2D eigenvalue weighted by atomic mass is 9.88. The molecule has 5 nitrogen and oxygen atoms in total. The molecule has 6 heteroatoms. The first kappa shape index (κ1) is 27.3. The number of ether oxygens (including phenoxy) is 2. The third-order valence-corrected chi connectivity index (χ3v) is 8.05. The molecule has 0 aromatic heterocycles. The molecule has 210 valence electrons. The Kier molecular flexibility index (Phi) is 8.52. The van der Waals surface area contributed by atoms with Crippen molar-refractivity contribution >= 4 is 5.91 Å². The SMILES string of the molecule is O=C(CC1OCC(N(Cc2ccccc2)Cc2ccccc2)CO1)N1CCc2ccccc2[C@@H]1c1ccc(F)cc1. The summed E-state index contributed by atoms with van der Waals surface area (Å²) in [6, 6.07) is 35.3. The van der Waals surface area contributed by atoms with Gasteiger partial charge >= 0.3 is 0 Å². The quantitative estimate of drug-likeness (QED) is 0.265. The lowest BCUT2D eigenvalue weighted by molar-refractivity contribution is -0.211. The molecule has 0 N–H and O–H groups in total. The summed E-state index contributed by atoms with van der Waals surface area (Å²) >= 11 is 0. The van der Waals surface area contributed by atoms with E-state index in [-0.39, 0.29) is 30.2 Å². The second-order valence-corrected chi connectivity index (χ2v) is 10.8. The molecular formula is C35H35FN2O3. The Balaban J connectivity index is 1.13. The number of amides is 1. The zero-order valence-electron chi connectivity index (χ0n) is 23.1. The molecule has 0 aliphatic carbocycles. The van der Waals surface area contributed by atoms with Crippen molar-refractivity contribution in [1.29, 1.82) is 0 Å². The maximum Gasteiger partial charge on any atom is 0.228 e. The topological polar surface area (TPSA) is 42.0 Å². The Morgan fingerprint density at radius 1 is 0.780 bits per heavy atom. The van der Waals surface area contributed by atoms with E-state index in [9.17, 15) is 9.18 Å². The Bertz CT molecular complexity index is 1380. The van der Waals surface area contributed by atoms with E-state index in [4.69, 9.17) is 9.47 Å². The summed E-state index contributed by atoms with van der Waals surface area (Å²) < 4.78 is 26.1. The monoisotopic (exact) mass is 550 g/mol. The fourth-order valence-corrected chi connectivity index (χ4v) is 5.91. The van der Waals surface area contributed by atoms with Crippen molar-refractivity contribution in [3.05, 3.63) is 143 Å². The van der Waals surface area contributed by atoms with Gasteiger partial charge in [-0.1, -0.05) is 97.1 Å². The lowest BCUT2D eigenvalue weighted by Gasteiger charge is -2.40. The van der Waals surface area contributed by atoms with Crippen molar-refractivity contribution in [1.82, 2.24) is 9.80 Å². The van der Waals surface area contributed by atoms with Crippen molar-refractivity contribution in [2.75, 3.05) is 19.8 Å². The molecule has 0 bridgehead atoms. The van der Waals surface area contributed by atoms with Gasteiger partial charge in [-0.05, 0) is 46.4 Å². The van der Waals surface area contributed by atoms with Crippen LogP contribution in [0.3, 0.4) is 0 Å². The smallest absolute Gasteiger partial charge is 0.228 e. The molecular weight excluding hydrogens is 515 g/mol. The standard InChI is InChI=1S/C35H35FN2O3/c36-30-17-15-29(16-18-30)35-32-14-8-7-13-28(32)19-20-38(35)33(39)21-34-40-24-31(25-41-34)37(22-26-9-3-1-4-10-26)23-27-11-5-2-6-12-27/h1-18,31,34-35H,19-25H2/t31?,34?,35-/m0/s1. The largest absolute Gasteiger partial charge is 0.350 e. The van der Waals surface area contributed by atoms with Crippen LogP contribution >= 0.6 is 0 Å². The highest BCUT2D eigenvalue weighted by molar-refractivity contribution is 5.78. The molecule has 0 radical (unpaired) electrons. The molecule has 0 saturated carbocycles. The summed E-state index contributed by atoms with van der Waals surface area (Å²) in [6.45, 7) is 3.13. The van der Waals surface area contributed by atoms with Crippen LogP contribution in [0.15, 0.2) is 109 Å². The van der Waals surface area contributed by atoms with Crippen LogP contribution in [0.25, 0.3) is 0 Å². The fourth-order valence-electron chi connectivity index (χ4n) is 5.91. The van der Waals surface area contributed by atoms with Gasteiger partial charge in [-0.25, -0.2) is 4.39 Å². The summed E-state index contributed by atoms with van der Waals surface area (Å²) in [4.78, 5) is 18.0. The van der Waals surface area contributed by atoms with Crippen LogP contribution in [0.4, 0.5) is 4.39 Å². The highest BCUT2D eigenvalue weighted by Crippen LogP contribution is 2.36. The molecule has 1 amide bonds. The molecule has 1 saturated heterocycles. The predicted molar refractivity (Wildman–Crippen MR) is 156 cm³/mol. The minimum absolute atomic E-state index is 0.0253. The normalized spacial score (nSPS) is 20.5. The van der Waals surface area contributed by atoms with E-state index in [1.807, 2.05) is 29.2 Å². The molecule has 2 aliphatic heterocycles. The van der Waals surface area contributed by atoms with Gasteiger partial charge in [0, 0.05) is 19.6 Å².